The lowest BCUT2D eigenvalue weighted by atomic mass is 10.3. The van der Waals surface area contributed by atoms with Gasteiger partial charge in [0.2, 0.25) is 5.91 Å². The largest absolute Gasteiger partial charge is 0.494 e. The molecule has 122 valence electrons. The van der Waals surface area contributed by atoms with Crippen molar-refractivity contribution in [2.45, 2.75) is 6.92 Å². The normalized spacial score (nSPS) is 10.3. The number of hydrogen-bond acceptors (Lipinski definition) is 3. The maximum absolute atomic E-state index is 12.0. The number of nitrogens with one attached hydrogen (secondary N) is 2. The third-order valence-electron chi connectivity index (χ3n) is 2.90. The molecule has 7 heteroatoms. The molecule has 23 heavy (non-hydrogen) atoms. The Morgan fingerprint density at radius 2 is 1.70 bits per heavy atom. The predicted molar refractivity (Wildman–Crippen MR) is 96.2 cm³/mol. The molecular weight excluding hydrogens is 359 g/mol. The Kier molecular flexibility index (Phi) is 6.39. The van der Waals surface area contributed by atoms with Crippen LogP contribution in [0.25, 0.3) is 0 Å². The van der Waals surface area contributed by atoms with Gasteiger partial charge in [-0.2, -0.15) is 0 Å². The van der Waals surface area contributed by atoms with E-state index in [2.05, 4.69) is 10.6 Å². The molecule has 0 spiro atoms. The van der Waals surface area contributed by atoms with E-state index in [9.17, 15) is 4.79 Å². The van der Waals surface area contributed by atoms with Crippen LogP contribution >= 0.6 is 34.8 Å². The van der Waals surface area contributed by atoms with E-state index in [1.54, 1.807) is 30.3 Å². The molecule has 0 bridgehead atoms. The van der Waals surface area contributed by atoms with Gasteiger partial charge in [-0.1, -0.05) is 34.8 Å². The molecule has 0 aliphatic carbocycles. The number of rotatable bonds is 6. The first kappa shape index (κ1) is 17.7. The molecule has 2 aromatic rings. The number of ether oxygens (including phenoxy) is 1. The van der Waals surface area contributed by atoms with Crippen LogP contribution in [0.2, 0.25) is 15.1 Å². The summed E-state index contributed by atoms with van der Waals surface area (Å²) in [5.41, 5.74) is 1.23. The van der Waals surface area contributed by atoms with Crippen molar-refractivity contribution in [3.63, 3.8) is 0 Å². The Hall–Kier alpha value is -1.62. The van der Waals surface area contributed by atoms with Crippen molar-refractivity contribution in [1.82, 2.24) is 0 Å². The minimum atomic E-state index is -0.212. The first-order valence-corrected chi connectivity index (χ1v) is 8.04. The summed E-state index contributed by atoms with van der Waals surface area (Å²) in [5.74, 6) is 0.544. The van der Waals surface area contributed by atoms with Gasteiger partial charge in [0.1, 0.15) is 5.75 Å². The number of carbonyl (C=O) groups excluding carboxylic acids is 1. The van der Waals surface area contributed by atoms with E-state index in [4.69, 9.17) is 39.5 Å². The molecule has 0 radical (unpaired) electrons. The molecule has 2 rings (SSSR count). The molecule has 0 aromatic heterocycles. The molecule has 0 saturated heterocycles. The monoisotopic (exact) mass is 372 g/mol. The molecule has 4 nitrogen and oxygen atoms in total. The molecule has 0 aliphatic heterocycles. The first-order valence-electron chi connectivity index (χ1n) is 6.90. The molecule has 0 heterocycles. The summed E-state index contributed by atoms with van der Waals surface area (Å²) >= 11 is 17.8. The van der Waals surface area contributed by atoms with Gasteiger partial charge in [0.15, 0.2) is 0 Å². The Balaban J connectivity index is 1.91. The topological polar surface area (TPSA) is 50.4 Å². The average Bonchev–Trinajstić information content (AvgIpc) is 2.52. The molecule has 0 atom stereocenters. The van der Waals surface area contributed by atoms with Crippen LogP contribution in [-0.2, 0) is 4.79 Å². The average molecular weight is 374 g/mol. The van der Waals surface area contributed by atoms with E-state index in [1.165, 1.54) is 6.07 Å². The summed E-state index contributed by atoms with van der Waals surface area (Å²) in [6, 6.07) is 10.2. The van der Waals surface area contributed by atoms with Gasteiger partial charge in [-0.25, -0.2) is 0 Å². The Labute approximate surface area is 149 Å². The fourth-order valence-corrected chi connectivity index (χ4v) is 2.45. The first-order chi connectivity index (χ1) is 11.0. The van der Waals surface area contributed by atoms with Crippen molar-refractivity contribution in [3.8, 4) is 5.75 Å². The van der Waals surface area contributed by atoms with Crippen molar-refractivity contribution < 1.29 is 9.53 Å². The molecule has 0 fully saturated rings. The number of halogens is 3. The lowest BCUT2D eigenvalue weighted by molar-refractivity contribution is -0.114. The van der Waals surface area contributed by atoms with Crippen molar-refractivity contribution >= 4 is 52.1 Å². The van der Waals surface area contributed by atoms with Crippen LogP contribution in [0.1, 0.15) is 6.92 Å². The number of hydrogen-bond donors (Lipinski definition) is 2. The second-order valence-corrected chi connectivity index (χ2v) is 5.83. The number of benzene rings is 2. The molecule has 0 aliphatic rings. The predicted octanol–water partition coefficient (Wildman–Crippen LogP) is 5.10. The van der Waals surface area contributed by atoms with Crippen LogP contribution in [-0.4, -0.2) is 19.1 Å². The summed E-state index contributed by atoms with van der Waals surface area (Å²) in [6.45, 7) is 2.56. The van der Waals surface area contributed by atoms with Crippen molar-refractivity contribution in [2.75, 3.05) is 23.8 Å². The SMILES string of the molecule is CCOc1ccc(NC(=O)CNc2cc(Cl)c(Cl)cc2Cl)cc1. The zero-order chi connectivity index (χ0) is 16.8. The third-order valence-corrected chi connectivity index (χ3v) is 3.93. The van der Waals surface area contributed by atoms with Gasteiger partial charge in [0, 0.05) is 5.69 Å². The zero-order valence-electron chi connectivity index (χ0n) is 12.3. The van der Waals surface area contributed by atoms with Crippen molar-refractivity contribution in [3.05, 3.63) is 51.5 Å². The quantitative estimate of drug-likeness (QED) is 0.693. The lowest BCUT2D eigenvalue weighted by Gasteiger charge is -2.11. The van der Waals surface area contributed by atoms with Crippen LogP contribution in [0.15, 0.2) is 36.4 Å². The molecule has 0 unspecified atom stereocenters. The van der Waals surface area contributed by atoms with Gasteiger partial charge in [0.25, 0.3) is 0 Å². The van der Waals surface area contributed by atoms with E-state index in [0.717, 1.165) is 5.75 Å². The summed E-state index contributed by atoms with van der Waals surface area (Å²) in [6.07, 6.45) is 0. The highest BCUT2D eigenvalue weighted by Gasteiger charge is 2.08. The highest BCUT2D eigenvalue weighted by molar-refractivity contribution is 6.44. The summed E-state index contributed by atoms with van der Waals surface area (Å²) in [5, 5.41) is 6.81. The maximum atomic E-state index is 12.0. The van der Waals surface area contributed by atoms with Gasteiger partial charge in [-0.3, -0.25) is 4.79 Å². The summed E-state index contributed by atoms with van der Waals surface area (Å²) in [4.78, 5) is 12.0. The van der Waals surface area contributed by atoms with Crippen LogP contribution in [0.4, 0.5) is 11.4 Å². The maximum Gasteiger partial charge on any atom is 0.243 e. The molecule has 1 amide bonds. The third kappa shape index (κ3) is 5.20. The van der Waals surface area contributed by atoms with Gasteiger partial charge in [0.05, 0.1) is 33.9 Å². The number of amides is 1. The minimum Gasteiger partial charge on any atom is -0.494 e. The number of carbonyl (C=O) groups is 1. The standard InChI is InChI=1S/C16H15Cl3N2O2/c1-2-23-11-5-3-10(4-6-11)21-16(22)9-20-15-8-13(18)12(17)7-14(15)19/h3-8,20H,2,9H2,1H3,(H,21,22). The van der Waals surface area contributed by atoms with Crippen LogP contribution in [0.5, 0.6) is 5.75 Å². The molecule has 2 N–H and O–H groups in total. The molecule has 0 saturated carbocycles. The second-order valence-electron chi connectivity index (χ2n) is 4.61. The van der Waals surface area contributed by atoms with Gasteiger partial charge < -0.3 is 15.4 Å². The van der Waals surface area contributed by atoms with Gasteiger partial charge in [-0.15, -0.1) is 0 Å². The summed E-state index contributed by atoms with van der Waals surface area (Å²) in [7, 11) is 0. The lowest BCUT2D eigenvalue weighted by Crippen LogP contribution is -2.21. The van der Waals surface area contributed by atoms with Crippen molar-refractivity contribution in [1.29, 1.82) is 0 Å². The fourth-order valence-electron chi connectivity index (χ4n) is 1.84. The smallest absolute Gasteiger partial charge is 0.243 e. The molecule has 2 aromatic carbocycles. The van der Waals surface area contributed by atoms with Crippen LogP contribution in [0, 0.1) is 0 Å². The van der Waals surface area contributed by atoms with Crippen LogP contribution in [0.3, 0.4) is 0 Å². The van der Waals surface area contributed by atoms with Gasteiger partial charge >= 0.3 is 0 Å². The Morgan fingerprint density at radius 1 is 1.04 bits per heavy atom. The second kappa shape index (κ2) is 8.29. The van der Waals surface area contributed by atoms with E-state index in [1.807, 2.05) is 6.92 Å². The van der Waals surface area contributed by atoms with E-state index < -0.39 is 0 Å². The van der Waals surface area contributed by atoms with E-state index in [-0.39, 0.29) is 12.5 Å². The number of anilines is 2. The van der Waals surface area contributed by atoms with E-state index >= 15 is 0 Å². The Bertz CT molecular complexity index is 690. The Morgan fingerprint density at radius 3 is 2.35 bits per heavy atom. The van der Waals surface area contributed by atoms with Crippen LogP contribution < -0.4 is 15.4 Å². The van der Waals surface area contributed by atoms with E-state index in [0.29, 0.717) is 33.0 Å². The highest BCUT2D eigenvalue weighted by Crippen LogP contribution is 2.32. The zero-order valence-corrected chi connectivity index (χ0v) is 14.6. The minimum absolute atomic E-state index is 0.0465. The van der Waals surface area contributed by atoms with Gasteiger partial charge in [-0.05, 0) is 43.3 Å². The fraction of sp³-hybridized carbons (Fsp3) is 0.188. The molecular formula is C16H15Cl3N2O2. The summed E-state index contributed by atoms with van der Waals surface area (Å²) < 4.78 is 5.34. The highest BCUT2D eigenvalue weighted by atomic mass is 35.5. The van der Waals surface area contributed by atoms with Crippen molar-refractivity contribution in [2.24, 2.45) is 0 Å².